The third-order valence-corrected chi connectivity index (χ3v) is 4.52. The number of anilines is 1. The Morgan fingerprint density at radius 1 is 0.852 bits per heavy atom. The number of benzene rings is 2. The first kappa shape index (κ1) is 20.7. The van der Waals surface area contributed by atoms with Crippen LogP contribution in [0.3, 0.4) is 0 Å². The molecular formula is C16H11F6NO3S. The Kier molecular flexibility index (Phi) is 5.28. The molecule has 0 unspecified atom stereocenters. The summed E-state index contributed by atoms with van der Waals surface area (Å²) in [4.78, 5) is 12.0. The van der Waals surface area contributed by atoms with Crippen LogP contribution in [0.2, 0.25) is 0 Å². The van der Waals surface area contributed by atoms with Gasteiger partial charge in [-0.3, -0.25) is 4.79 Å². The molecule has 0 radical (unpaired) electrons. The fourth-order valence-electron chi connectivity index (χ4n) is 2.07. The number of carbonyl (C=O) groups excluding carboxylic acids is 1. The lowest BCUT2D eigenvalue weighted by Gasteiger charge is -2.14. The van der Waals surface area contributed by atoms with Crippen LogP contribution in [0.1, 0.15) is 21.5 Å². The van der Waals surface area contributed by atoms with Gasteiger partial charge >= 0.3 is 12.4 Å². The number of hydrogen-bond acceptors (Lipinski definition) is 3. The highest BCUT2D eigenvalue weighted by Gasteiger charge is 2.37. The summed E-state index contributed by atoms with van der Waals surface area (Å²) >= 11 is 0. The molecule has 27 heavy (non-hydrogen) atoms. The number of rotatable bonds is 3. The van der Waals surface area contributed by atoms with Gasteiger partial charge in [-0.25, -0.2) is 8.42 Å². The molecule has 0 atom stereocenters. The molecule has 0 aliphatic carbocycles. The summed E-state index contributed by atoms with van der Waals surface area (Å²) in [7, 11) is -3.51. The fraction of sp³-hybridized carbons (Fsp3) is 0.188. The van der Waals surface area contributed by atoms with Crippen LogP contribution in [0.25, 0.3) is 0 Å². The van der Waals surface area contributed by atoms with Crippen molar-refractivity contribution in [1.82, 2.24) is 0 Å². The highest BCUT2D eigenvalue weighted by atomic mass is 32.2. The van der Waals surface area contributed by atoms with Crippen molar-refractivity contribution in [2.24, 2.45) is 0 Å². The maximum Gasteiger partial charge on any atom is 0.416 e. The second kappa shape index (κ2) is 6.87. The molecule has 146 valence electrons. The number of nitrogens with one attached hydrogen (secondary N) is 1. The molecule has 2 rings (SSSR count). The summed E-state index contributed by atoms with van der Waals surface area (Å²) in [6.45, 7) is 0. The summed E-state index contributed by atoms with van der Waals surface area (Å²) in [6, 6.07) is 5.11. The molecule has 0 fully saturated rings. The Hall–Kier alpha value is -2.56. The summed E-state index contributed by atoms with van der Waals surface area (Å²) < 4.78 is 99.7. The average molecular weight is 411 g/mol. The van der Waals surface area contributed by atoms with Crippen molar-refractivity contribution in [2.75, 3.05) is 11.6 Å². The van der Waals surface area contributed by atoms with E-state index in [-0.39, 0.29) is 16.6 Å². The van der Waals surface area contributed by atoms with Crippen LogP contribution in [-0.4, -0.2) is 20.6 Å². The highest BCUT2D eigenvalue weighted by molar-refractivity contribution is 7.90. The fourth-order valence-corrected chi connectivity index (χ4v) is 2.71. The zero-order valence-electron chi connectivity index (χ0n) is 13.4. The molecule has 0 aliphatic rings. The van der Waals surface area contributed by atoms with Crippen LogP contribution in [0.4, 0.5) is 32.0 Å². The molecule has 0 saturated carbocycles. The summed E-state index contributed by atoms with van der Waals surface area (Å²) in [6.07, 6.45) is -9.21. The molecule has 0 aliphatic heterocycles. The van der Waals surface area contributed by atoms with Crippen LogP contribution in [0.15, 0.2) is 47.4 Å². The highest BCUT2D eigenvalue weighted by Crippen LogP contribution is 2.36. The molecule has 2 aromatic carbocycles. The smallest absolute Gasteiger partial charge is 0.322 e. The zero-order valence-corrected chi connectivity index (χ0v) is 14.3. The van der Waals surface area contributed by atoms with Gasteiger partial charge in [0.1, 0.15) is 0 Å². The number of hydrogen-bond donors (Lipinski definition) is 1. The number of amides is 1. The van der Waals surface area contributed by atoms with E-state index in [0.29, 0.717) is 12.1 Å². The van der Waals surface area contributed by atoms with Crippen LogP contribution in [-0.2, 0) is 22.2 Å². The van der Waals surface area contributed by atoms with Gasteiger partial charge in [-0.2, -0.15) is 26.3 Å². The number of halogens is 6. The zero-order chi connectivity index (χ0) is 20.6. The topological polar surface area (TPSA) is 63.2 Å². The molecule has 0 aromatic heterocycles. The molecular weight excluding hydrogens is 400 g/mol. The number of alkyl halides is 6. The Morgan fingerprint density at radius 2 is 1.30 bits per heavy atom. The number of carbonyl (C=O) groups is 1. The predicted molar refractivity (Wildman–Crippen MR) is 84.0 cm³/mol. The molecule has 0 heterocycles. The first-order chi connectivity index (χ1) is 12.2. The Morgan fingerprint density at radius 3 is 1.67 bits per heavy atom. The first-order valence-electron chi connectivity index (χ1n) is 7.09. The Labute approximate surface area is 149 Å². The van der Waals surface area contributed by atoms with Gasteiger partial charge in [0, 0.05) is 17.5 Å². The van der Waals surface area contributed by atoms with Gasteiger partial charge < -0.3 is 5.32 Å². The first-order valence-corrected chi connectivity index (χ1v) is 8.98. The predicted octanol–water partition coefficient (Wildman–Crippen LogP) is 4.38. The lowest BCUT2D eigenvalue weighted by molar-refractivity contribution is -0.143. The van der Waals surface area contributed by atoms with Crippen LogP contribution in [0.5, 0.6) is 0 Å². The minimum absolute atomic E-state index is 0.00151. The van der Waals surface area contributed by atoms with E-state index in [9.17, 15) is 39.6 Å². The molecule has 0 saturated heterocycles. The second-order valence-corrected chi connectivity index (χ2v) is 7.56. The quantitative estimate of drug-likeness (QED) is 0.763. The summed E-state index contributed by atoms with van der Waals surface area (Å²) in [5, 5.41) is 2.13. The van der Waals surface area contributed by atoms with Gasteiger partial charge in [0.05, 0.1) is 16.0 Å². The Bertz CT molecular complexity index is 931. The largest absolute Gasteiger partial charge is 0.416 e. The lowest BCUT2D eigenvalue weighted by atomic mass is 10.0. The minimum atomic E-state index is -5.08. The third kappa shape index (κ3) is 5.22. The SMILES string of the molecule is CS(=O)(=O)c1ccc(NC(=O)c2cc(C(F)(F)F)cc(C(F)(F)F)c2)cc1. The van der Waals surface area contributed by atoms with Crippen molar-refractivity contribution in [3.63, 3.8) is 0 Å². The normalized spacial score (nSPS) is 12.7. The minimum Gasteiger partial charge on any atom is -0.322 e. The van der Waals surface area contributed by atoms with Gasteiger partial charge in [0.15, 0.2) is 9.84 Å². The van der Waals surface area contributed by atoms with E-state index in [4.69, 9.17) is 0 Å². The second-order valence-electron chi connectivity index (χ2n) is 5.55. The van der Waals surface area contributed by atoms with E-state index in [0.717, 1.165) is 30.5 Å². The van der Waals surface area contributed by atoms with E-state index in [1.807, 2.05) is 0 Å². The van der Waals surface area contributed by atoms with Crippen LogP contribution < -0.4 is 5.32 Å². The van der Waals surface area contributed by atoms with Gasteiger partial charge in [0.2, 0.25) is 0 Å². The molecule has 1 amide bonds. The van der Waals surface area contributed by atoms with Crippen molar-refractivity contribution in [1.29, 1.82) is 0 Å². The molecule has 0 spiro atoms. The van der Waals surface area contributed by atoms with E-state index in [1.165, 1.54) is 0 Å². The van der Waals surface area contributed by atoms with Gasteiger partial charge in [-0.15, -0.1) is 0 Å². The maximum absolute atomic E-state index is 12.8. The van der Waals surface area contributed by atoms with Crippen molar-refractivity contribution >= 4 is 21.4 Å². The van der Waals surface area contributed by atoms with E-state index in [2.05, 4.69) is 5.32 Å². The van der Waals surface area contributed by atoms with Crippen molar-refractivity contribution in [2.45, 2.75) is 17.2 Å². The van der Waals surface area contributed by atoms with Crippen molar-refractivity contribution < 1.29 is 39.6 Å². The number of sulfone groups is 1. The van der Waals surface area contributed by atoms with Crippen molar-refractivity contribution in [3.8, 4) is 0 Å². The standard InChI is InChI=1S/C16H11F6NO3S/c1-27(25,26)13-4-2-12(3-5-13)23-14(24)9-6-10(15(17,18)19)8-11(7-9)16(20,21)22/h2-8H,1H3,(H,23,24). The third-order valence-electron chi connectivity index (χ3n) is 3.39. The molecule has 11 heteroatoms. The van der Waals surface area contributed by atoms with Crippen LogP contribution in [0, 0.1) is 0 Å². The summed E-state index contributed by atoms with van der Waals surface area (Å²) in [5.41, 5.74) is -4.08. The maximum atomic E-state index is 12.8. The van der Waals surface area contributed by atoms with Crippen LogP contribution >= 0.6 is 0 Å². The van der Waals surface area contributed by atoms with E-state index >= 15 is 0 Å². The van der Waals surface area contributed by atoms with E-state index in [1.54, 1.807) is 0 Å². The van der Waals surface area contributed by atoms with Gasteiger partial charge in [-0.05, 0) is 42.5 Å². The van der Waals surface area contributed by atoms with Gasteiger partial charge in [-0.1, -0.05) is 0 Å². The molecule has 2 aromatic rings. The Balaban J connectivity index is 2.38. The van der Waals surface area contributed by atoms with E-state index < -0.39 is 44.8 Å². The lowest BCUT2D eigenvalue weighted by Crippen LogP contribution is -2.17. The summed E-state index contributed by atoms with van der Waals surface area (Å²) in [5.74, 6) is -1.21. The molecule has 4 nitrogen and oxygen atoms in total. The molecule has 1 N–H and O–H groups in total. The average Bonchev–Trinajstić information content (AvgIpc) is 2.52. The monoisotopic (exact) mass is 411 g/mol. The van der Waals surface area contributed by atoms with Crippen molar-refractivity contribution in [3.05, 3.63) is 59.2 Å². The van der Waals surface area contributed by atoms with Gasteiger partial charge in [0.25, 0.3) is 5.91 Å². The molecule has 0 bridgehead atoms.